The summed E-state index contributed by atoms with van der Waals surface area (Å²) in [6.45, 7) is 6.70. The second-order valence-corrected chi connectivity index (χ2v) is 6.43. The smallest absolute Gasteiger partial charge is 0.0693 e. The van der Waals surface area contributed by atoms with Crippen molar-refractivity contribution in [3.8, 4) is 0 Å². The Balaban J connectivity index is 2.06. The largest absolute Gasteiger partial charge is 0.390 e. The zero-order valence-electron chi connectivity index (χ0n) is 11.9. The number of aryl methyl sites for hydroxylation is 1. The van der Waals surface area contributed by atoms with Crippen molar-refractivity contribution < 1.29 is 5.11 Å². The van der Waals surface area contributed by atoms with E-state index in [-0.39, 0.29) is 0 Å². The molecule has 100 valence electrons. The summed E-state index contributed by atoms with van der Waals surface area (Å²) in [5.74, 6) is 1.29. The molecule has 2 unspecified atom stereocenters. The lowest BCUT2D eigenvalue weighted by molar-refractivity contribution is -0.0304. The maximum Gasteiger partial charge on any atom is 0.0693 e. The second kappa shape index (κ2) is 5.44. The molecule has 0 heterocycles. The van der Waals surface area contributed by atoms with Crippen LogP contribution in [0.2, 0.25) is 0 Å². The van der Waals surface area contributed by atoms with Gasteiger partial charge in [0.1, 0.15) is 0 Å². The van der Waals surface area contributed by atoms with Crippen LogP contribution >= 0.6 is 0 Å². The Morgan fingerprint density at radius 2 is 1.56 bits per heavy atom. The van der Waals surface area contributed by atoms with Gasteiger partial charge in [0.15, 0.2) is 0 Å². The second-order valence-electron chi connectivity index (χ2n) is 6.43. The minimum Gasteiger partial charge on any atom is -0.390 e. The van der Waals surface area contributed by atoms with Gasteiger partial charge in [0, 0.05) is 6.42 Å². The number of hydrogen-bond acceptors (Lipinski definition) is 1. The molecule has 1 nitrogen and oxygen atoms in total. The molecule has 2 rings (SSSR count). The van der Waals surface area contributed by atoms with Crippen LogP contribution in [0.5, 0.6) is 0 Å². The van der Waals surface area contributed by atoms with Crippen LogP contribution in [0.3, 0.4) is 0 Å². The number of aliphatic hydroxyl groups is 1. The molecule has 1 aromatic carbocycles. The third-order valence-electron chi connectivity index (χ3n) is 4.23. The van der Waals surface area contributed by atoms with E-state index in [0.717, 1.165) is 25.7 Å². The van der Waals surface area contributed by atoms with Gasteiger partial charge in [-0.2, -0.15) is 0 Å². The van der Waals surface area contributed by atoms with E-state index in [4.69, 9.17) is 0 Å². The Morgan fingerprint density at radius 1 is 1.06 bits per heavy atom. The first-order chi connectivity index (χ1) is 8.50. The van der Waals surface area contributed by atoms with Crippen LogP contribution in [0.1, 0.15) is 51.2 Å². The quantitative estimate of drug-likeness (QED) is 0.855. The monoisotopic (exact) mass is 246 g/mol. The number of rotatable bonds is 3. The highest BCUT2D eigenvalue weighted by molar-refractivity contribution is 5.24. The summed E-state index contributed by atoms with van der Waals surface area (Å²) in [6, 6.07) is 8.74. The van der Waals surface area contributed by atoms with Gasteiger partial charge >= 0.3 is 0 Å². The number of benzene rings is 1. The van der Waals surface area contributed by atoms with Crippen molar-refractivity contribution in [3.05, 3.63) is 35.4 Å². The highest BCUT2D eigenvalue weighted by atomic mass is 16.3. The van der Waals surface area contributed by atoms with Crippen molar-refractivity contribution in [1.29, 1.82) is 0 Å². The molecule has 0 saturated heterocycles. The normalized spacial score (nSPS) is 32.4. The highest BCUT2D eigenvalue weighted by Gasteiger charge is 2.35. The van der Waals surface area contributed by atoms with E-state index < -0.39 is 5.60 Å². The molecule has 18 heavy (non-hydrogen) atoms. The van der Waals surface area contributed by atoms with Crippen molar-refractivity contribution in [2.45, 2.75) is 58.5 Å². The fourth-order valence-electron chi connectivity index (χ4n) is 3.65. The molecule has 1 fully saturated rings. The molecular weight excluding hydrogens is 220 g/mol. The molecule has 0 spiro atoms. The van der Waals surface area contributed by atoms with Gasteiger partial charge in [-0.1, -0.05) is 45.0 Å². The molecule has 0 bridgehead atoms. The van der Waals surface area contributed by atoms with E-state index in [1.54, 1.807) is 0 Å². The van der Waals surface area contributed by atoms with Crippen molar-refractivity contribution in [3.63, 3.8) is 0 Å². The van der Waals surface area contributed by atoms with E-state index >= 15 is 0 Å². The van der Waals surface area contributed by atoms with Crippen LogP contribution in [0.25, 0.3) is 0 Å². The molecule has 0 radical (unpaired) electrons. The van der Waals surface area contributed by atoms with Crippen molar-refractivity contribution in [2.75, 3.05) is 0 Å². The molecule has 1 aliphatic carbocycles. The highest BCUT2D eigenvalue weighted by Crippen LogP contribution is 2.37. The van der Waals surface area contributed by atoms with Gasteiger partial charge in [0.25, 0.3) is 0 Å². The zero-order chi connectivity index (χ0) is 13.2. The SMILES string of the molecule is CCc1ccc(CC2(O)CC(C)CC(C)C2)cc1. The Bertz CT molecular complexity index is 369. The van der Waals surface area contributed by atoms with Gasteiger partial charge in [-0.15, -0.1) is 0 Å². The Kier molecular flexibility index (Phi) is 4.11. The van der Waals surface area contributed by atoms with Crippen LogP contribution in [0.4, 0.5) is 0 Å². The molecule has 0 aromatic heterocycles. The van der Waals surface area contributed by atoms with Crippen LogP contribution in [0, 0.1) is 11.8 Å². The van der Waals surface area contributed by atoms with E-state index in [1.165, 1.54) is 17.5 Å². The molecule has 2 atom stereocenters. The average Bonchev–Trinajstić information content (AvgIpc) is 2.27. The van der Waals surface area contributed by atoms with Crippen LogP contribution in [-0.4, -0.2) is 10.7 Å². The molecule has 1 saturated carbocycles. The van der Waals surface area contributed by atoms with E-state index in [1.807, 2.05) is 0 Å². The Hall–Kier alpha value is -0.820. The molecule has 1 aromatic rings. The summed E-state index contributed by atoms with van der Waals surface area (Å²) in [4.78, 5) is 0. The maximum atomic E-state index is 10.8. The third kappa shape index (κ3) is 3.35. The maximum absolute atomic E-state index is 10.8. The summed E-state index contributed by atoms with van der Waals surface area (Å²) in [6.07, 6.45) is 5.06. The Morgan fingerprint density at radius 3 is 2.06 bits per heavy atom. The summed E-state index contributed by atoms with van der Waals surface area (Å²) >= 11 is 0. The molecule has 0 aliphatic heterocycles. The Labute approximate surface area is 111 Å². The minimum absolute atomic E-state index is 0.481. The van der Waals surface area contributed by atoms with Crippen LogP contribution < -0.4 is 0 Å². The third-order valence-corrected chi connectivity index (χ3v) is 4.23. The van der Waals surface area contributed by atoms with Gasteiger partial charge in [0.2, 0.25) is 0 Å². The van der Waals surface area contributed by atoms with E-state index in [9.17, 15) is 5.11 Å². The topological polar surface area (TPSA) is 20.2 Å². The molecule has 0 amide bonds. The van der Waals surface area contributed by atoms with Crippen LogP contribution in [0.15, 0.2) is 24.3 Å². The molecular formula is C17H26O. The van der Waals surface area contributed by atoms with Crippen LogP contribution in [-0.2, 0) is 12.8 Å². The number of hydrogen-bond donors (Lipinski definition) is 1. The summed E-state index contributed by atoms with van der Waals surface area (Å²) in [5, 5.41) is 10.8. The molecule has 1 heteroatoms. The van der Waals surface area contributed by atoms with Gasteiger partial charge in [0.05, 0.1) is 5.60 Å². The fourth-order valence-corrected chi connectivity index (χ4v) is 3.65. The van der Waals surface area contributed by atoms with Gasteiger partial charge in [-0.05, 0) is 48.6 Å². The first kappa shape index (κ1) is 13.6. The van der Waals surface area contributed by atoms with E-state index in [2.05, 4.69) is 45.0 Å². The first-order valence-electron chi connectivity index (χ1n) is 7.31. The van der Waals surface area contributed by atoms with Crippen molar-refractivity contribution in [1.82, 2.24) is 0 Å². The standard InChI is InChI=1S/C17H26O/c1-4-15-5-7-16(8-6-15)12-17(18)10-13(2)9-14(3)11-17/h5-8,13-14,18H,4,9-12H2,1-3H3. The zero-order valence-corrected chi connectivity index (χ0v) is 11.9. The van der Waals surface area contributed by atoms with Crippen molar-refractivity contribution >= 4 is 0 Å². The lowest BCUT2D eigenvalue weighted by Gasteiger charge is -2.39. The predicted molar refractivity (Wildman–Crippen MR) is 76.7 cm³/mol. The van der Waals surface area contributed by atoms with Gasteiger partial charge in [-0.3, -0.25) is 0 Å². The first-order valence-corrected chi connectivity index (χ1v) is 7.31. The molecule has 1 N–H and O–H groups in total. The lowest BCUT2D eigenvalue weighted by atomic mass is 9.71. The van der Waals surface area contributed by atoms with Gasteiger partial charge < -0.3 is 5.11 Å². The average molecular weight is 246 g/mol. The summed E-state index contributed by atoms with van der Waals surface area (Å²) in [7, 11) is 0. The minimum atomic E-state index is -0.481. The summed E-state index contributed by atoms with van der Waals surface area (Å²) in [5.41, 5.74) is 2.16. The van der Waals surface area contributed by atoms with Gasteiger partial charge in [-0.25, -0.2) is 0 Å². The lowest BCUT2D eigenvalue weighted by Crippen LogP contribution is -2.39. The molecule has 1 aliphatic rings. The van der Waals surface area contributed by atoms with E-state index in [0.29, 0.717) is 11.8 Å². The summed E-state index contributed by atoms with van der Waals surface area (Å²) < 4.78 is 0. The van der Waals surface area contributed by atoms with Crippen molar-refractivity contribution in [2.24, 2.45) is 11.8 Å². The predicted octanol–water partition coefficient (Wildman–Crippen LogP) is 3.98. The fraction of sp³-hybridized carbons (Fsp3) is 0.647.